The number of aliphatic carboxylic acids is 1. The summed E-state index contributed by atoms with van der Waals surface area (Å²) >= 11 is 0. The lowest BCUT2D eigenvalue weighted by molar-refractivity contribution is -0.144. The van der Waals surface area contributed by atoms with Crippen molar-refractivity contribution in [3.8, 4) is 17.2 Å². The molecule has 2 aliphatic rings. The first-order chi connectivity index (χ1) is 19.4. The first-order valence-corrected chi connectivity index (χ1v) is 13.9. The number of hydrogen-bond acceptors (Lipinski definition) is 8. The zero-order valence-electron chi connectivity index (χ0n) is 23.2. The van der Waals surface area contributed by atoms with E-state index in [0.717, 1.165) is 18.4 Å². The lowest BCUT2D eigenvalue weighted by Gasteiger charge is -2.30. The highest BCUT2D eigenvalue weighted by Gasteiger charge is 2.47. The summed E-state index contributed by atoms with van der Waals surface area (Å²) in [7, 11) is 1.52. The van der Waals surface area contributed by atoms with Gasteiger partial charge in [0.05, 0.1) is 19.6 Å². The SMILES string of the molecule is CCCCN(CCCO)C(=O)CN1CC(c2cc(OC)c3c(c2)OCO3)C(C(=O)O)C1CCn1ccccc1=O. The number of amides is 1. The molecule has 3 heterocycles. The zero-order valence-corrected chi connectivity index (χ0v) is 23.2. The van der Waals surface area contributed by atoms with E-state index in [1.165, 1.54) is 13.2 Å². The Balaban J connectivity index is 1.65. The Morgan fingerprint density at radius 2 is 1.98 bits per heavy atom. The molecule has 40 heavy (non-hydrogen) atoms. The van der Waals surface area contributed by atoms with E-state index in [-0.39, 0.29) is 31.4 Å². The molecule has 0 spiro atoms. The van der Waals surface area contributed by atoms with Gasteiger partial charge in [0.25, 0.3) is 0 Å². The van der Waals surface area contributed by atoms with E-state index in [9.17, 15) is 24.6 Å². The van der Waals surface area contributed by atoms with Gasteiger partial charge in [0, 0.05) is 57.0 Å². The molecule has 2 aromatic rings. The van der Waals surface area contributed by atoms with Gasteiger partial charge in [0.1, 0.15) is 0 Å². The Hall–Kier alpha value is -3.57. The smallest absolute Gasteiger partial charge is 0.308 e. The molecule has 1 aromatic carbocycles. The average molecular weight is 558 g/mol. The second-order valence-corrected chi connectivity index (χ2v) is 10.3. The van der Waals surface area contributed by atoms with Crippen LogP contribution in [0.5, 0.6) is 17.2 Å². The quantitative estimate of drug-likeness (QED) is 0.359. The van der Waals surface area contributed by atoms with Gasteiger partial charge in [0.15, 0.2) is 11.5 Å². The normalized spacial score (nSPS) is 20.0. The number of carboxylic acids is 1. The van der Waals surface area contributed by atoms with Gasteiger partial charge in [0.2, 0.25) is 24.0 Å². The Morgan fingerprint density at radius 1 is 1.18 bits per heavy atom. The van der Waals surface area contributed by atoms with Crippen molar-refractivity contribution in [3.63, 3.8) is 0 Å². The summed E-state index contributed by atoms with van der Waals surface area (Å²) in [5, 5.41) is 19.8. The van der Waals surface area contributed by atoms with Gasteiger partial charge >= 0.3 is 5.97 Å². The molecule has 1 saturated heterocycles. The number of aryl methyl sites for hydroxylation is 1. The van der Waals surface area contributed by atoms with E-state index in [1.807, 2.05) is 4.90 Å². The number of unbranched alkanes of at least 4 members (excludes halogenated alkanes) is 1. The Kier molecular flexibility index (Phi) is 10.1. The molecule has 1 fully saturated rings. The van der Waals surface area contributed by atoms with E-state index in [0.29, 0.717) is 56.3 Å². The van der Waals surface area contributed by atoms with E-state index >= 15 is 0 Å². The van der Waals surface area contributed by atoms with Gasteiger partial charge in [-0.2, -0.15) is 0 Å². The summed E-state index contributed by atoms with van der Waals surface area (Å²) < 4.78 is 18.2. The standard InChI is InChI=1S/C29H39N3O8/c1-3-4-10-30(12-7-14-33)26(35)18-32-17-21(20-15-23(38-2)28-24(16-20)39-19-40-28)27(29(36)37)22(32)9-13-31-11-6-5-8-25(31)34/h5-6,8,11,15-16,21-22,27,33H,3-4,7,9-10,12-14,17-19H2,1-2H3,(H,36,37). The number of ether oxygens (including phenoxy) is 3. The second-order valence-electron chi connectivity index (χ2n) is 10.3. The van der Waals surface area contributed by atoms with Crippen molar-refractivity contribution in [3.05, 3.63) is 52.4 Å². The van der Waals surface area contributed by atoms with Crippen LogP contribution in [0, 0.1) is 5.92 Å². The number of likely N-dealkylation sites (tertiary alicyclic amines) is 1. The van der Waals surface area contributed by atoms with Gasteiger partial charge in [-0.15, -0.1) is 0 Å². The summed E-state index contributed by atoms with van der Waals surface area (Å²) in [5.41, 5.74) is 0.565. The van der Waals surface area contributed by atoms with Crippen molar-refractivity contribution >= 4 is 11.9 Å². The number of carboxylic acid groups (broad SMARTS) is 1. The van der Waals surface area contributed by atoms with Crippen LogP contribution in [0.15, 0.2) is 41.3 Å². The van der Waals surface area contributed by atoms with Gasteiger partial charge in [-0.1, -0.05) is 19.4 Å². The van der Waals surface area contributed by atoms with Crippen molar-refractivity contribution in [1.29, 1.82) is 0 Å². The molecule has 1 aromatic heterocycles. The summed E-state index contributed by atoms with van der Waals surface area (Å²) in [5.74, 6) is -0.909. The molecular weight excluding hydrogens is 518 g/mol. The molecule has 0 saturated carbocycles. The fraction of sp³-hybridized carbons (Fsp3) is 0.552. The highest BCUT2D eigenvalue weighted by Crippen LogP contribution is 2.47. The largest absolute Gasteiger partial charge is 0.493 e. The highest BCUT2D eigenvalue weighted by molar-refractivity contribution is 5.79. The predicted octanol–water partition coefficient (Wildman–Crippen LogP) is 2.16. The summed E-state index contributed by atoms with van der Waals surface area (Å²) in [6.45, 7) is 3.82. The van der Waals surface area contributed by atoms with E-state index in [1.54, 1.807) is 39.9 Å². The maximum atomic E-state index is 13.5. The van der Waals surface area contributed by atoms with Crippen LogP contribution >= 0.6 is 0 Å². The van der Waals surface area contributed by atoms with Gasteiger partial charge in [-0.3, -0.25) is 19.3 Å². The minimum atomic E-state index is -0.967. The average Bonchev–Trinajstić information content (AvgIpc) is 3.57. The van der Waals surface area contributed by atoms with Crippen molar-refractivity contribution in [1.82, 2.24) is 14.4 Å². The van der Waals surface area contributed by atoms with Crippen LogP contribution < -0.4 is 19.8 Å². The monoisotopic (exact) mass is 557 g/mol. The number of pyridine rings is 1. The molecule has 1 amide bonds. The fourth-order valence-corrected chi connectivity index (χ4v) is 5.72. The van der Waals surface area contributed by atoms with E-state index < -0.39 is 23.8 Å². The molecule has 4 rings (SSSR count). The van der Waals surface area contributed by atoms with Crippen molar-refractivity contribution < 1.29 is 34.0 Å². The van der Waals surface area contributed by atoms with Crippen LogP contribution in [0.1, 0.15) is 44.1 Å². The van der Waals surface area contributed by atoms with Gasteiger partial charge in [-0.25, -0.2) is 0 Å². The van der Waals surface area contributed by atoms with Crippen molar-refractivity contribution in [2.75, 3.05) is 46.7 Å². The lowest BCUT2D eigenvalue weighted by atomic mass is 9.84. The Bertz CT molecular complexity index is 1220. The molecule has 2 aliphatic heterocycles. The van der Waals surface area contributed by atoms with Crippen LogP contribution in [0.2, 0.25) is 0 Å². The summed E-state index contributed by atoms with van der Waals surface area (Å²) in [4.78, 5) is 42.4. The highest BCUT2D eigenvalue weighted by atomic mass is 16.7. The van der Waals surface area contributed by atoms with Crippen LogP contribution in [-0.2, 0) is 16.1 Å². The van der Waals surface area contributed by atoms with Crippen molar-refractivity contribution in [2.45, 2.75) is 51.1 Å². The molecule has 11 heteroatoms. The molecule has 0 radical (unpaired) electrons. The van der Waals surface area contributed by atoms with Crippen LogP contribution in [0.3, 0.4) is 0 Å². The van der Waals surface area contributed by atoms with Crippen LogP contribution in [-0.4, -0.2) is 89.2 Å². The number of nitrogens with zero attached hydrogens (tertiary/aromatic N) is 3. The number of carbonyl (C=O) groups is 2. The summed E-state index contributed by atoms with van der Waals surface area (Å²) in [6, 6.07) is 7.98. The number of benzene rings is 1. The minimum Gasteiger partial charge on any atom is -0.493 e. The number of aliphatic hydroxyl groups excluding tert-OH is 1. The minimum absolute atomic E-state index is 0.0107. The maximum Gasteiger partial charge on any atom is 0.308 e. The number of methoxy groups -OCH3 is 1. The third-order valence-corrected chi connectivity index (χ3v) is 7.77. The van der Waals surface area contributed by atoms with Crippen LogP contribution in [0.4, 0.5) is 0 Å². The number of hydrogen-bond donors (Lipinski definition) is 2. The molecule has 3 atom stereocenters. The van der Waals surface area contributed by atoms with Gasteiger partial charge in [-0.05, 0) is 43.0 Å². The third kappa shape index (κ3) is 6.59. The number of carbonyl (C=O) groups excluding carboxylic acids is 1. The third-order valence-electron chi connectivity index (χ3n) is 7.77. The molecule has 11 nitrogen and oxygen atoms in total. The Morgan fingerprint density at radius 3 is 2.67 bits per heavy atom. The Labute approximate surface area is 233 Å². The number of aliphatic hydroxyl groups is 1. The second kappa shape index (κ2) is 13.7. The maximum absolute atomic E-state index is 13.5. The van der Waals surface area contributed by atoms with Gasteiger partial charge < -0.3 is 33.9 Å². The molecular formula is C29H39N3O8. The first kappa shape index (κ1) is 29.4. The lowest BCUT2D eigenvalue weighted by Crippen LogP contribution is -2.45. The number of fused-ring (bicyclic) bond motifs is 1. The van der Waals surface area contributed by atoms with Crippen LogP contribution in [0.25, 0.3) is 0 Å². The fourth-order valence-electron chi connectivity index (χ4n) is 5.72. The number of rotatable bonds is 14. The van der Waals surface area contributed by atoms with Crippen molar-refractivity contribution in [2.24, 2.45) is 5.92 Å². The molecule has 0 bridgehead atoms. The predicted molar refractivity (Wildman–Crippen MR) is 147 cm³/mol. The van der Waals surface area contributed by atoms with E-state index in [4.69, 9.17) is 14.2 Å². The molecule has 3 unspecified atom stereocenters. The zero-order chi connectivity index (χ0) is 28.6. The first-order valence-electron chi connectivity index (χ1n) is 13.9. The number of aromatic nitrogens is 1. The van der Waals surface area contributed by atoms with E-state index in [2.05, 4.69) is 6.92 Å². The molecule has 218 valence electrons. The topological polar surface area (TPSA) is 131 Å². The molecule has 2 N–H and O–H groups in total. The summed E-state index contributed by atoms with van der Waals surface area (Å²) in [6.07, 6.45) is 4.31. The molecule has 0 aliphatic carbocycles.